The van der Waals surface area contributed by atoms with Crippen molar-refractivity contribution in [1.29, 1.82) is 0 Å². The number of nitrogens with one attached hydrogen (secondary N) is 1. The Labute approximate surface area is 131 Å². The van der Waals surface area contributed by atoms with E-state index >= 15 is 0 Å². The molecule has 0 aliphatic rings. The molecule has 23 heavy (non-hydrogen) atoms. The van der Waals surface area contributed by atoms with Gasteiger partial charge in [-0.3, -0.25) is 10.1 Å². The van der Waals surface area contributed by atoms with Crippen LogP contribution in [0, 0.1) is 5.82 Å². The summed E-state index contributed by atoms with van der Waals surface area (Å²) in [6, 6.07) is 10.5. The number of aromatic nitrogens is 5. The molecule has 4 rings (SSSR count). The Bertz CT molecular complexity index is 944. The van der Waals surface area contributed by atoms with Gasteiger partial charge in [0, 0.05) is 18.0 Å². The standard InChI is InChI=1S/C16H13FN6/c17-13-6-2-1-5-12(13)9-22-11-20-14-15(18-10-19-16(14)22)21-23-7-3-4-8-23/h1-8,10-11H,9H2,(H,18,19,21). The van der Waals surface area contributed by atoms with Gasteiger partial charge in [0.15, 0.2) is 17.0 Å². The lowest BCUT2D eigenvalue weighted by Crippen LogP contribution is -2.08. The predicted molar refractivity (Wildman–Crippen MR) is 84.3 cm³/mol. The van der Waals surface area contributed by atoms with Crippen molar-refractivity contribution in [1.82, 2.24) is 24.2 Å². The maximum Gasteiger partial charge on any atom is 0.176 e. The number of fused-ring (bicyclic) bond motifs is 1. The second-order valence-corrected chi connectivity index (χ2v) is 5.06. The SMILES string of the molecule is Fc1ccccc1Cn1cnc2c(Nn3cccc3)ncnc21. The highest BCUT2D eigenvalue weighted by Gasteiger charge is 2.11. The van der Waals surface area contributed by atoms with Gasteiger partial charge in [0.1, 0.15) is 12.1 Å². The Morgan fingerprint density at radius 3 is 2.65 bits per heavy atom. The van der Waals surface area contributed by atoms with Crippen molar-refractivity contribution in [2.45, 2.75) is 6.54 Å². The fourth-order valence-electron chi connectivity index (χ4n) is 2.42. The Morgan fingerprint density at radius 2 is 1.83 bits per heavy atom. The van der Waals surface area contributed by atoms with Crippen LogP contribution in [0.15, 0.2) is 61.4 Å². The minimum absolute atomic E-state index is 0.242. The molecule has 0 atom stereocenters. The zero-order valence-corrected chi connectivity index (χ0v) is 12.1. The number of rotatable bonds is 4. The molecule has 0 saturated heterocycles. The van der Waals surface area contributed by atoms with Gasteiger partial charge in [-0.05, 0) is 18.2 Å². The van der Waals surface area contributed by atoms with Crippen molar-refractivity contribution in [3.63, 3.8) is 0 Å². The molecule has 3 aromatic heterocycles. The van der Waals surface area contributed by atoms with E-state index < -0.39 is 0 Å². The molecule has 0 aliphatic heterocycles. The highest BCUT2D eigenvalue weighted by Crippen LogP contribution is 2.19. The Hall–Kier alpha value is -3.22. The summed E-state index contributed by atoms with van der Waals surface area (Å²) < 4.78 is 17.4. The molecule has 0 bridgehead atoms. The van der Waals surface area contributed by atoms with Crippen LogP contribution in [0.5, 0.6) is 0 Å². The summed E-state index contributed by atoms with van der Waals surface area (Å²) in [6.45, 7) is 0.364. The Balaban J connectivity index is 1.71. The summed E-state index contributed by atoms with van der Waals surface area (Å²) in [5, 5.41) is 0. The number of hydrogen-bond acceptors (Lipinski definition) is 4. The van der Waals surface area contributed by atoms with E-state index in [0.717, 1.165) is 0 Å². The normalized spacial score (nSPS) is 11.0. The predicted octanol–water partition coefficient (Wildman–Crippen LogP) is 2.69. The second kappa shape index (κ2) is 5.53. The third kappa shape index (κ3) is 2.52. The molecule has 0 fully saturated rings. The smallest absolute Gasteiger partial charge is 0.176 e. The molecule has 1 N–H and O–H groups in total. The van der Waals surface area contributed by atoms with Crippen LogP contribution >= 0.6 is 0 Å². The summed E-state index contributed by atoms with van der Waals surface area (Å²) in [5.41, 5.74) is 5.01. The van der Waals surface area contributed by atoms with Crippen LogP contribution in [0.1, 0.15) is 5.56 Å². The van der Waals surface area contributed by atoms with E-state index in [1.54, 1.807) is 27.7 Å². The van der Waals surface area contributed by atoms with Crippen molar-refractivity contribution in [3.05, 3.63) is 72.8 Å². The summed E-state index contributed by atoms with van der Waals surface area (Å²) in [5.74, 6) is 0.354. The van der Waals surface area contributed by atoms with E-state index in [9.17, 15) is 4.39 Å². The van der Waals surface area contributed by atoms with E-state index in [-0.39, 0.29) is 5.82 Å². The van der Waals surface area contributed by atoms with E-state index in [1.807, 2.05) is 30.6 Å². The van der Waals surface area contributed by atoms with E-state index in [4.69, 9.17) is 0 Å². The highest BCUT2D eigenvalue weighted by molar-refractivity contribution is 5.82. The van der Waals surface area contributed by atoms with E-state index in [0.29, 0.717) is 29.1 Å². The minimum atomic E-state index is -0.242. The molecule has 4 aromatic rings. The topological polar surface area (TPSA) is 60.6 Å². The van der Waals surface area contributed by atoms with Gasteiger partial charge in [-0.25, -0.2) is 19.3 Å². The van der Waals surface area contributed by atoms with Gasteiger partial charge in [0.2, 0.25) is 0 Å². The molecule has 3 heterocycles. The molecule has 0 amide bonds. The maximum absolute atomic E-state index is 13.8. The molecular formula is C16H13FN6. The third-order valence-corrected chi connectivity index (χ3v) is 3.54. The average molecular weight is 308 g/mol. The summed E-state index contributed by atoms with van der Waals surface area (Å²) in [4.78, 5) is 12.9. The molecular weight excluding hydrogens is 295 g/mol. The van der Waals surface area contributed by atoms with Gasteiger partial charge in [-0.15, -0.1) is 0 Å². The van der Waals surface area contributed by atoms with Gasteiger partial charge < -0.3 is 4.57 Å². The van der Waals surface area contributed by atoms with Crippen LogP contribution in [-0.2, 0) is 6.54 Å². The zero-order valence-electron chi connectivity index (χ0n) is 12.1. The molecule has 1 aromatic carbocycles. The van der Waals surface area contributed by atoms with Crippen LogP contribution in [0.25, 0.3) is 11.2 Å². The van der Waals surface area contributed by atoms with Crippen molar-refractivity contribution in [2.75, 3.05) is 5.43 Å². The molecule has 0 unspecified atom stereocenters. The molecule has 6 nitrogen and oxygen atoms in total. The number of anilines is 1. The molecule has 7 heteroatoms. The lowest BCUT2D eigenvalue weighted by Gasteiger charge is -2.07. The molecule has 114 valence electrons. The van der Waals surface area contributed by atoms with Crippen LogP contribution in [0.2, 0.25) is 0 Å². The van der Waals surface area contributed by atoms with Gasteiger partial charge in [0.25, 0.3) is 0 Å². The Kier molecular flexibility index (Phi) is 3.23. The minimum Gasteiger partial charge on any atom is -0.311 e. The van der Waals surface area contributed by atoms with Gasteiger partial charge in [-0.2, -0.15) is 0 Å². The number of imidazole rings is 1. The molecule has 0 spiro atoms. The largest absolute Gasteiger partial charge is 0.311 e. The van der Waals surface area contributed by atoms with Crippen molar-refractivity contribution < 1.29 is 4.39 Å². The highest BCUT2D eigenvalue weighted by atomic mass is 19.1. The number of halogens is 1. The monoisotopic (exact) mass is 308 g/mol. The first-order valence-corrected chi connectivity index (χ1v) is 7.10. The number of nitrogens with zero attached hydrogens (tertiary/aromatic N) is 5. The second-order valence-electron chi connectivity index (χ2n) is 5.06. The fourth-order valence-corrected chi connectivity index (χ4v) is 2.42. The Morgan fingerprint density at radius 1 is 1.00 bits per heavy atom. The average Bonchev–Trinajstić information content (AvgIpc) is 3.20. The first-order chi connectivity index (χ1) is 11.3. The summed E-state index contributed by atoms with van der Waals surface area (Å²) in [7, 11) is 0. The van der Waals surface area contributed by atoms with E-state index in [1.165, 1.54) is 12.4 Å². The molecule has 0 aliphatic carbocycles. The first kappa shape index (κ1) is 13.4. The van der Waals surface area contributed by atoms with E-state index in [2.05, 4.69) is 20.4 Å². The lowest BCUT2D eigenvalue weighted by molar-refractivity contribution is 0.601. The summed E-state index contributed by atoms with van der Waals surface area (Å²) >= 11 is 0. The van der Waals surface area contributed by atoms with Crippen molar-refractivity contribution >= 4 is 17.0 Å². The third-order valence-electron chi connectivity index (χ3n) is 3.54. The van der Waals surface area contributed by atoms with Gasteiger partial charge >= 0.3 is 0 Å². The summed E-state index contributed by atoms with van der Waals surface area (Å²) in [6.07, 6.45) is 6.84. The first-order valence-electron chi connectivity index (χ1n) is 7.10. The fraction of sp³-hybridized carbons (Fsp3) is 0.0625. The molecule has 0 saturated carbocycles. The van der Waals surface area contributed by atoms with Crippen LogP contribution < -0.4 is 5.43 Å². The van der Waals surface area contributed by atoms with Crippen molar-refractivity contribution in [3.8, 4) is 0 Å². The maximum atomic E-state index is 13.8. The van der Waals surface area contributed by atoms with Crippen molar-refractivity contribution in [2.24, 2.45) is 0 Å². The van der Waals surface area contributed by atoms with Gasteiger partial charge in [0.05, 0.1) is 12.9 Å². The van der Waals surface area contributed by atoms with Gasteiger partial charge in [-0.1, -0.05) is 18.2 Å². The quantitative estimate of drug-likeness (QED) is 0.630. The lowest BCUT2D eigenvalue weighted by atomic mass is 10.2. The number of benzene rings is 1. The molecule has 0 radical (unpaired) electrons. The van der Waals surface area contributed by atoms with Crippen LogP contribution in [-0.4, -0.2) is 24.2 Å². The number of hydrogen-bond donors (Lipinski definition) is 1. The zero-order chi connectivity index (χ0) is 15.6. The van der Waals surface area contributed by atoms with Crippen LogP contribution in [0.3, 0.4) is 0 Å². The van der Waals surface area contributed by atoms with Crippen LogP contribution in [0.4, 0.5) is 10.2 Å².